The minimum atomic E-state index is -0.332. The molecule has 2 N–H and O–H groups in total. The molecular weight excluding hydrogens is 285 g/mol. The molecule has 0 bridgehead atoms. The maximum absolute atomic E-state index is 12.0. The molecule has 1 amide bonds. The molecule has 0 aliphatic heterocycles. The first kappa shape index (κ1) is 13.6. The van der Waals surface area contributed by atoms with Crippen LogP contribution in [-0.4, -0.2) is 17.9 Å². The third-order valence-electron chi connectivity index (χ3n) is 2.46. The van der Waals surface area contributed by atoms with Crippen LogP contribution in [-0.2, 0) is 0 Å². The SMILES string of the molecule is CNc1ccnc(C(=O)Nc2ccc(Cl)cc2Cl)c1. The minimum absolute atomic E-state index is 0.304. The van der Waals surface area contributed by atoms with Gasteiger partial charge in [0.25, 0.3) is 5.91 Å². The van der Waals surface area contributed by atoms with Crippen LogP contribution in [0.3, 0.4) is 0 Å². The average Bonchev–Trinajstić information content (AvgIpc) is 2.42. The van der Waals surface area contributed by atoms with Gasteiger partial charge >= 0.3 is 0 Å². The van der Waals surface area contributed by atoms with Gasteiger partial charge in [-0.25, -0.2) is 0 Å². The van der Waals surface area contributed by atoms with Gasteiger partial charge in [-0.2, -0.15) is 0 Å². The topological polar surface area (TPSA) is 54.0 Å². The third-order valence-corrected chi connectivity index (χ3v) is 3.01. The van der Waals surface area contributed by atoms with E-state index in [0.717, 1.165) is 5.69 Å². The Balaban J connectivity index is 2.20. The van der Waals surface area contributed by atoms with Crippen molar-refractivity contribution in [3.05, 3.63) is 52.3 Å². The molecule has 0 saturated carbocycles. The van der Waals surface area contributed by atoms with E-state index in [4.69, 9.17) is 23.2 Å². The Labute approximate surface area is 120 Å². The zero-order valence-electron chi connectivity index (χ0n) is 10.1. The maximum atomic E-state index is 12.0. The molecule has 0 saturated heterocycles. The standard InChI is InChI=1S/C13H11Cl2N3O/c1-16-9-4-5-17-12(7-9)13(19)18-11-3-2-8(14)6-10(11)15/h2-7H,1H3,(H,16,17)(H,18,19). The number of hydrogen-bond acceptors (Lipinski definition) is 3. The third kappa shape index (κ3) is 3.36. The Morgan fingerprint density at radius 1 is 1.21 bits per heavy atom. The van der Waals surface area contributed by atoms with Crippen molar-refractivity contribution in [3.63, 3.8) is 0 Å². The number of nitrogens with zero attached hydrogens (tertiary/aromatic N) is 1. The Morgan fingerprint density at radius 3 is 2.68 bits per heavy atom. The molecule has 6 heteroatoms. The quantitative estimate of drug-likeness (QED) is 0.908. The van der Waals surface area contributed by atoms with E-state index in [9.17, 15) is 4.79 Å². The number of nitrogens with one attached hydrogen (secondary N) is 2. The van der Waals surface area contributed by atoms with Gasteiger partial charge in [-0.15, -0.1) is 0 Å². The highest BCUT2D eigenvalue weighted by Crippen LogP contribution is 2.25. The molecule has 98 valence electrons. The average molecular weight is 296 g/mol. The maximum Gasteiger partial charge on any atom is 0.274 e. The molecule has 1 heterocycles. The number of carbonyl (C=O) groups is 1. The second-order valence-corrected chi connectivity index (χ2v) is 4.60. The monoisotopic (exact) mass is 295 g/mol. The predicted octanol–water partition coefficient (Wildman–Crippen LogP) is 3.68. The van der Waals surface area contributed by atoms with Crippen molar-refractivity contribution >= 4 is 40.5 Å². The van der Waals surface area contributed by atoms with Crippen molar-refractivity contribution < 1.29 is 4.79 Å². The van der Waals surface area contributed by atoms with E-state index in [1.165, 1.54) is 0 Å². The van der Waals surface area contributed by atoms with Gasteiger partial charge in [-0.05, 0) is 30.3 Å². The number of amides is 1. The number of rotatable bonds is 3. The van der Waals surface area contributed by atoms with Gasteiger partial charge in [-0.1, -0.05) is 23.2 Å². The highest BCUT2D eigenvalue weighted by Gasteiger charge is 2.10. The van der Waals surface area contributed by atoms with Crippen LogP contribution in [0.15, 0.2) is 36.5 Å². The molecular formula is C13H11Cl2N3O. The molecule has 2 aromatic rings. The van der Waals surface area contributed by atoms with Crippen molar-refractivity contribution in [2.75, 3.05) is 17.7 Å². The molecule has 0 radical (unpaired) electrons. The van der Waals surface area contributed by atoms with E-state index in [0.29, 0.717) is 21.4 Å². The second kappa shape index (κ2) is 5.91. The van der Waals surface area contributed by atoms with Crippen LogP contribution in [0.4, 0.5) is 11.4 Å². The first-order valence-electron chi connectivity index (χ1n) is 5.50. The van der Waals surface area contributed by atoms with Crippen LogP contribution in [0.2, 0.25) is 10.0 Å². The van der Waals surface area contributed by atoms with Crippen molar-refractivity contribution in [1.29, 1.82) is 0 Å². The Kier molecular flexibility index (Phi) is 4.24. The smallest absolute Gasteiger partial charge is 0.274 e. The van der Waals surface area contributed by atoms with Crippen molar-refractivity contribution in [3.8, 4) is 0 Å². The molecule has 2 rings (SSSR count). The summed E-state index contributed by atoms with van der Waals surface area (Å²) < 4.78 is 0. The highest BCUT2D eigenvalue weighted by atomic mass is 35.5. The lowest BCUT2D eigenvalue weighted by Gasteiger charge is -2.08. The van der Waals surface area contributed by atoms with Crippen LogP contribution >= 0.6 is 23.2 Å². The number of halogens is 2. The van der Waals surface area contributed by atoms with E-state index in [-0.39, 0.29) is 5.91 Å². The molecule has 1 aromatic heterocycles. The number of benzene rings is 1. The van der Waals surface area contributed by atoms with Crippen molar-refractivity contribution in [1.82, 2.24) is 4.98 Å². The fourth-order valence-corrected chi connectivity index (χ4v) is 1.94. The summed E-state index contributed by atoms with van der Waals surface area (Å²) >= 11 is 11.8. The normalized spacial score (nSPS) is 10.1. The molecule has 0 aliphatic carbocycles. The van der Waals surface area contributed by atoms with E-state index in [1.807, 2.05) is 0 Å². The van der Waals surface area contributed by atoms with Crippen LogP contribution in [0.1, 0.15) is 10.5 Å². The summed E-state index contributed by atoms with van der Waals surface area (Å²) in [5.41, 5.74) is 1.60. The van der Waals surface area contributed by atoms with Gasteiger partial charge in [0.15, 0.2) is 0 Å². The summed E-state index contributed by atoms with van der Waals surface area (Å²) in [5.74, 6) is -0.332. The van der Waals surface area contributed by atoms with Gasteiger partial charge in [0.05, 0.1) is 10.7 Å². The van der Waals surface area contributed by atoms with Crippen LogP contribution < -0.4 is 10.6 Å². The fraction of sp³-hybridized carbons (Fsp3) is 0.0769. The van der Waals surface area contributed by atoms with E-state index < -0.39 is 0 Å². The van der Waals surface area contributed by atoms with Crippen molar-refractivity contribution in [2.24, 2.45) is 0 Å². The second-order valence-electron chi connectivity index (χ2n) is 3.76. The zero-order chi connectivity index (χ0) is 13.8. The number of carbonyl (C=O) groups excluding carboxylic acids is 1. The molecule has 0 fully saturated rings. The van der Waals surface area contributed by atoms with Crippen molar-refractivity contribution in [2.45, 2.75) is 0 Å². The van der Waals surface area contributed by atoms with Gasteiger partial charge in [0.1, 0.15) is 5.69 Å². The first-order valence-corrected chi connectivity index (χ1v) is 6.26. The van der Waals surface area contributed by atoms with Gasteiger partial charge < -0.3 is 10.6 Å². The van der Waals surface area contributed by atoms with Crippen LogP contribution in [0.25, 0.3) is 0 Å². The molecule has 0 unspecified atom stereocenters. The predicted molar refractivity (Wildman–Crippen MR) is 78.2 cm³/mol. The Bertz CT molecular complexity index is 617. The molecule has 0 spiro atoms. The lowest BCUT2D eigenvalue weighted by molar-refractivity contribution is 0.102. The molecule has 4 nitrogen and oxygen atoms in total. The Hall–Kier alpha value is -1.78. The molecule has 1 aromatic carbocycles. The number of anilines is 2. The summed E-state index contributed by atoms with van der Waals surface area (Å²) in [6.07, 6.45) is 1.56. The first-order chi connectivity index (χ1) is 9.10. The van der Waals surface area contributed by atoms with E-state index in [2.05, 4.69) is 15.6 Å². The molecule has 0 aliphatic rings. The van der Waals surface area contributed by atoms with Crippen LogP contribution in [0, 0.1) is 0 Å². The summed E-state index contributed by atoms with van der Waals surface area (Å²) in [6.45, 7) is 0. The zero-order valence-corrected chi connectivity index (χ0v) is 11.6. The highest BCUT2D eigenvalue weighted by molar-refractivity contribution is 6.36. The summed E-state index contributed by atoms with van der Waals surface area (Å²) in [4.78, 5) is 16.0. The Morgan fingerprint density at radius 2 is 2.00 bits per heavy atom. The van der Waals surface area contributed by atoms with Crippen LogP contribution in [0.5, 0.6) is 0 Å². The molecule has 0 atom stereocenters. The summed E-state index contributed by atoms with van der Waals surface area (Å²) in [5, 5.41) is 6.52. The fourth-order valence-electron chi connectivity index (χ4n) is 1.49. The molecule has 19 heavy (non-hydrogen) atoms. The van der Waals surface area contributed by atoms with E-state index >= 15 is 0 Å². The summed E-state index contributed by atoms with van der Waals surface area (Å²) in [7, 11) is 1.77. The lowest BCUT2D eigenvalue weighted by atomic mass is 10.2. The number of hydrogen-bond donors (Lipinski definition) is 2. The van der Waals surface area contributed by atoms with Gasteiger partial charge in [0, 0.05) is 24.0 Å². The number of pyridine rings is 1. The summed E-state index contributed by atoms with van der Waals surface area (Å²) in [6, 6.07) is 8.28. The van der Waals surface area contributed by atoms with E-state index in [1.54, 1.807) is 43.6 Å². The minimum Gasteiger partial charge on any atom is -0.388 e. The largest absolute Gasteiger partial charge is 0.388 e. The lowest BCUT2D eigenvalue weighted by Crippen LogP contribution is -2.14. The number of aromatic nitrogens is 1. The van der Waals surface area contributed by atoms with Gasteiger partial charge in [-0.3, -0.25) is 9.78 Å². The van der Waals surface area contributed by atoms with Gasteiger partial charge in [0.2, 0.25) is 0 Å².